The molecule has 2 aliphatic rings. The predicted molar refractivity (Wildman–Crippen MR) is 182 cm³/mol. The molecule has 0 bridgehead atoms. The third-order valence-electron chi connectivity index (χ3n) is 7.81. The van der Waals surface area contributed by atoms with Crippen molar-refractivity contribution in [2.45, 2.75) is 133 Å². The van der Waals surface area contributed by atoms with Gasteiger partial charge in [-0.25, -0.2) is 4.79 Å². The largest absolute Gasteiger partial charge is 0.356 e. The Morgan fingerprint density at radius 3 is 1.93 bits per heavy atom. The van der Waals surface area contributed by atoms with Gasteiger partial charge in [0.1, 0.15) is 0 Å². The van der Waals surface area contributed by atoms with Gasteiger partial charge in [0.15, 0.2) is 0 Å². The molecule has 2 heterocycles. The van der Waals surface area contributed by atoms with Gasteiger partial charge in [-0.1, -0.05) is 74.8 Å². The SMILES string of the molecule is CCCCC/C=C\C/C=C\C/C=C\C/C=C\CCCC(=O)NCCCCCNC(=O)CCCCC1SCC2NC(=O)NC21. The van der Waals surface area contributed by atoms with Crippen LogP contribution in [0.15, 0.2) is 48.6 Å². The molecule has 0 aliphatic carbocycles. The van der Waals surface area contributed by atoms with Crippen molar-refractivity contribution in [3.05, 3.63) is 48.6 Å². The summed E-state index contributed by atoms with van der Waals surface area (Å²) < 4.78 is 0. The van der Waals surface area contributed by atoms with Gasteiger partial charge in [0.2, 0.25) is 11.8 Å². The van der Waals surface area contributed by atoms with Crippen LogP contribution in [0.3, 0.4) is 0 Å². The molecule has 2 aliphatic heterocycles. The maximum atomic E-state index is 12.1. The monoisotopic (exact) mass is 614 g/mol. The van der Waals surface area contributed by atoms with Crippen molar-refractivity contribution in [1.82, 2.24) is 21.3 Å². The first-order chi connectivity index (χ1) is 21.1. The number of carbonyl (C=O) groups is 3. The standard InChI is InChI=1S/C35H58N4O3S/c1-2-3-4-5-6-7-8-9-10-11-12-13-14-15-16-17-19-25-32(40)36-27-22-18-23-28-37-33(41)26-21-20-24-31-34-30(29-43-31)38-35(42)39-34/h6-7,9-10,12-13,15-16,30-31,34H,2-5,8,11,14,17-29H2,1H3,(H,36,40)(H,37,41)(H2,38,39,42)/b7-6-,10-9-,13-12-,16-15-. The van der Waals surface area contributed by atoms with Gasteiger partial charge in [-0.3, -0.25) is 9.59 Å². The second-order valence-electron chi connectivity index (χ2n) is 11.6. The highest BCUT2D eigenvalue weighted by Crippen LogP contribution is 2.33. The lowest BCUT2D eigenvalue weighted by molar-refractivity contribution is -0.121. The number of rotatable bonds is 25. The Hall–Kier alpha value is -2.48. The second kappa shape index (κ2) is 24.9. The molecule has 3 atom stereocenters. The molecular formula is C35H58N4O3S. The van der Waals surface area contributed by atoms with Crippen LogP contribution >= 0.6 is 11.8 Å². The number of amides is 4. The van der Waals surface area contributed by atoms with Gasteiger partial charge in [0.25, 0.3) is 0 Å². The molecule has 242 valence electrons. The summed E-state index contributed by atoms with van der Waals surface area (Å²) in [6.45, 7) is 3.64. The maximum Gasteiger partial charge on any atom is 0.315 e. The third kappa shape index (κ3) is 18.7. The zero-order valence-corrected chi connectivity index (χ0v) is 27.4. The lowest BCUT2D eigenvalue weighted by Gasteiger charge is -2.16. The van der Waals surface area contributed by atoms with Crippen LogP contribution in [0, 0.1) is 0 Å². The molecule has 0 aromatic rings. The van der Waals surface area contributed by atoms with E-state index in [1.165, 1.54) is 25.7 Å². The van der Waals surface area contributed by atoms with Crippen LogP contribution in [0.2, 0.25) is 0 Å². The van der Waals surface area contributed by atoms with Crippen molar-refractivity contribution in [2.75, 3.05) is 18.8 Å². The number of unbranched alkanes of at least 4 members (excludes halogenated alkanes) is 7. The Labute approximate surface area is 265 Å². The Kier molecular flexibility index (Phi) is 21.3. The van der Waals surface area contributed by atoms with Crippen LogP contribution in [-0.4, -0.2) is 54.0 Å². The van der Waals surface area contributed by atoms with Gasteiger partial charge < -0.3 is 21.3 Å². The summed E-state index contributed by atoms with van der Waals surface area (Å²) in [7, 11) is 0. The lowest BCUT2D eigenvalue weighted by atomic mass is 10.0. The zero-order valence-electron chi connectivity index (χ0n) is 26.6. The summed E-state index contributed by atoms with van der Waals surface area (Å²) in [6.07, 6.45) is 34.6. The summed E-state index contributed by atoms with van der Waals surface area (Å²) in [5.74, 6) is 1.22. The van der Waals surface area contributed by atoms with Crippen molar-refractivity contribution in [3.8, 4) is 0 Å². The van der Waals surface area contributed by atoms with Crippen LogP contribution in [0.4, 0.5) is 4.79 Å². The minimum atomic E-state index is -0.0453. The highest BCUT2D eigenvalue weighted by molar-refractivity contribution is 8.00. The fraction of sp³-hybridized carbons (Fsp3) is 0.686. The topological polar surface area (TPSA) is 99.3 Å². The number of hydrogen-bond donors (Lipinski definition) is 4. The summed E-state index contributed by atoms with van der Waals surface area (Å²) in [5.41, 5.74) is 0. The number of thioether (sulfide) groups is 1. The number of nitrogens with one attached hydrogen (secondary N) is 4. The van der Waals surface area contributed by atoms with Crippen LogP contribution < -0.4 is 21.3 Å². The molecule has 0 aromatic heterocycles. The van der Waals surface area contributed by atoms with E-state index in [1.54, 1.807) is 0 Å². The number of urea groups is 1. The quantitative estimate of drug-likeness (QED) is 0.0494. The summed E-state index contributed by atoms with van der Waals surface area (Å²) >= 11 is 1.92. The molecule has 2 rings (SSSR count). The van der Waals surface area contributed by atoms with E-state index < -0.39 is 0 Å². The third-order valence-corrected chi connectivity index (χ3v) is 9.32. The molecule has 4 amide bonds. The van der Waals surface area contributed by atoms with Crippen LogP contribution in [0.1, 0.15) is 116 Å². The highest BCUT2D eigenvalue weighted by Gasteiger charge is 2.42. The molecule has 0 aromatic carbocycles. The summed E-state index contributed by atoms with van der Waals surface area (Å²) in [5, 5.41) is 12.5. The first-order valence-electron chi connectivity index (χ1n) is 16.9. The lowest BCUT2D eigenvalue weighted by Crippen LogP contribution is -2.36. The maximum absolute atomic E-state index is 12.1. The molecule has 0 saturated carbocycles. The van der Waals surface area contributed by atoms with Gasteiger partial charge in [-0.15, -0.1) is 0 Å². The fourth-order valence-electron chi connectivity index (χ4n) is 5.27. The fourth-order valence-corrected chi connectivity index (χ4v) is 6.82. The van der Waals surface area contributed by atoms with E-state index in [4.69, 9.17) is 0 Å². The Morgan fingerprint density at radius 2 is 1.30 bits per heavy atom. The Morgan fingerprint density at radius 1 is 0.721 bits per heavy atom. The molecule has 3 unspecified atom stereocenters. The Bertz CT molecular complexity index is 902. The molecule has 43 heavy (non-hydrogen) atoms. The van der Waals surface area contributed by atoms with Gasteiger partial charge in [-0.2, -0.15) is 11.8 Å². The van der Waals surface area contributed by atoms with Gasteiger partial charge in [0, 0.05) is 36.9 Å². The van der Waals surface area contributed by atoms with Gasteiger partial charge >= 0.3 is 6.03 Å². The van der Waals surface area contributed by atoms with E-state index in [0.717, 1.165) is 76.4 Å². The number of allylic oxidation sites excluding steroid dienone is 8. The van der Waals surface area contributed by atoms with E-state index >= 15 is 0 Å². The van der Waals surface area contributed by atoms with E-state index in [1.807, 2.05) is 11.8 Å². The van der Waals surface area contributed by atoms with Crippen LogP contribution in [-0.2, 0) is 9.59 Å². The van der Waals surface area contributed by atoms with Crippen molar-refractivity contribution >= 4 is 29.6 Å². The zero-order chi connectivity index (χ0) is 30.8. The molecule has 4 N–H and O–H groups in total. The second-order valence-corrected chi connectivity index (χ2v) is 12.9. The normalized spacial score (nSPS) is 19.9. The van der Waals surface area contributed by atoms with Crippen molar-refractivity contribution in [3.63, 3.8) is 0 Å². The number of carbonyl (C=O) groups excluding carboxylic acids is 3. The molecule has 0 spiro atoms. The first-order valence-corrected chi connectivity index (χ1v) is 18.0. The molecule has 8 heteroatoms. The minimum Gasteiger partial charge on any atom is -0.356 e. The predicted octanol–water partition coefficient (Wildman–Crippen LogP) is 7.26. The molecule has 7 nitrogen and oxygen atoms in total. The summed E-state index contributed by atoms with van der Waals surface area (Å²) in [4.78, 5) is 35.6. The molecule has 0 radical (unpaired) electrons. The van der Waals surface area contributed by atoms with Gasteiger partial charge in [0.05, 0.1) is 12.1 Å². The van der Waals surface area contributed by atoms with E-state index in [-0.39, 0.29) is 29.9 Å². The highest BCUT2D eigenvalue weighted by atomic mass is 32.2. The average Bonchev–Trinajstić information content (AvgIpc) is 3.55. The van der Waals surface area contributed by atoms with E-state index in [0.29, 0.717) is 31.2 Å². The summed E-state index contributed by atoms with van der Waals surface area (Å²) in [6, 6.07) is 0.461. The first kappa shape index (κ1) is 36.7. The van der Waals surface area contributed by atoms with E-state index in [9.17, 15) is 14.4 Å². The minimum absolute atomic E-state index is 0.0453. The average molecular weight is 615 g/mol. The smallest absolute Gasteiger partial charge is 0.315 e. The Balaban J connectivity index is 1.30. The van der Waals surface area contributed by atoms with Gasteiger partial charge in [-0.05, 0) is 77.0 Å². The van der Waals surface area contributed by atoms with Crippen molar-refractivity contribution in [1.29, 1.82) is 0 Å². The molecular weight excluding hydrogens is 556 g/mol. The van der Waals surface area contributed by atoms with Crippen LogP contribution in [0.25, 0.3) is 0 Å². The molecule has 2 fully saturated rings. The number of hydrogen-bond acceptors (Lipinski definition) is 4. The number of fused-ring (bicyclic) bond motifs is 1. The van der Waals surface area contributed by atoms with Crippen molar-refractivity contribution in [2.24, 2.45) is 0 Å². The van der Waals surface area contributed by atoms with E-state index in [2.05, 4.69) is 76.8 Å². The molecule has 2 saturated heterocycles. The van der Waals surface area contributed by atoms with Crippen molar-refractivity contribution < 1.29 is 14.4 Å². The van der Waals surface area contributed by atoms with Crippen LogP contribution in [0.5, 0.6) is 0 Å².